The molecule has 106 valence electrons. The normalized spacial score (nSPS) is 36.4. The first-order valence-electron chi connectivity index (χ1n) is 6.01. The van der Waals surface area contributed by atoms with Crippen molar-refractivity contribution in [1.29, 1.82) is 0 Å². The molecule has 1 fully saturated rings. The SMILES string of the molecule is CCCCC(=O)OC1C(O)C(O)OC(CO)C1O. The molecule has 5 unspecified atom stereocenters. The number of ether oxygens (including phenoxy) is 2. The molecule has 1 saturated heterocycles. The first-order chi connectivity index (χ1) is 8.51. The van der Waals surface area contributed by atoms with E-state index in [4.69, 9.17) is 14.6 Å². The maximum Gasteiger partial charge on any atom is 0.306 e. The minimum atomic E-state index is -1.60. The minimum absolute atomic E-state index is 0.174. The Kier molecular flexibility index (Phi) is 5.97. The molecule has 0 aromatic carbocycles. The largest absolute Gasteiger partial charge is 0.456 e. The van der Waals surface area contributed by atoms with E-state index in [2.05, 4.69) is 0 Å². The van der Waals surface area contributed by atoms with Crippen LogP contribution in [0.15, 0.2) is 0 Å². The number of carbonyl (C=O) groups is 1. The summed E-state index contributed by atoms with van der Waals surface area (Å²) in [6, 6.07) is 0. The van der Waals surface area contributed by atoms with Crippen molar-refractivity contribution in [2.24, 2.45) is 0 Å². The Bertz CT molecular complexity index is 270. The van der Waals surface area contributed by atoms with E-state index in [0.29, 0.717) is 6.42 Å². The van der Waals surface area contributed by atoms with Gasteiger partial charge in [-0.2, -0.15) is 0 Å². The first kappa shape index (κ1) is 15.3. The number of esters is 1. The summed E-state index contributed by atoms with van der Waals surface area (Å²) < 4.78 is 9.70. The van der Waals surface area contributed by atoms with Crippen LogP contribution in [-0.4, -0.2) is 63.7 Å². The Hall–Kier alpha value is -0.730. The number of hydrogen-bond acceptors (Lipinski definition) is 7. The molecular formula is C11H20O7. The third kappa shape index (κ3) is 3.63. The van der Waals surface area contributed by atoms with E-state index >= 15 is 0 Å². The summed E-state index contributed by atoms with van der Waals surface area (Å²) in [6.45, 7) is 1.37. The van der Waals surface area contributed by atoms with Crippen molar-refractivity contribution in [1.82, 2.24) is 0 Å². The summed E-state index contributed by atoms with van der Waals surface area (Å²) in [7, 11) is 0. The predicted octanol–water partition coefficient (Wildman–Crippen LogP) is -1.48. The molecule has 0 saturated carbocycles. The van der Waals surface area contributed by atoms with Crippen molar-refractivity contribution >= 4 is 5.97 Å². The second kappa shape index (κ2) is 7.01. The lowest BCUT2D eigenvalue weighted by molar-refractivity contribution is -0.289. The average Bonchev–Trinajstić information content (AvgIpc) is 2.36. The lowest BCUT2D eigenvalue weighted by atomic mass is 9.99. The molecule has 0 aromatic heterocycles. The molecule has 0 amide bonds. The van der Waals surface area contributed by atoms with Crippen LogP contribution in [-0.2, 0) is 14.3 Å². The molecule has 18 heavy (non-hydrogen) atoms. The number of carbonyl (C=O) groups excluding carboxylic acids is 1. The van der Waals surface area contributed by atoms with Crippen molar-refractivity contribution in [2.45, 2.75) is 56.9 Å². The molecule has 0 aliphatic carbocycles. The van der Waals surface area contributed by atoms with Crippen molar-refractivity contribution in [3.8, 4) is 0 Å². The van der Waals surface area contributed by atoms with Gasteiger partial charge < -0.3 is 29.9 Å². The van der Waals surface area contributed by atoms with E-state index in [1.54, 1.807) is 0 Å². The lowest BCUT2D eigenvalue weighted by Gasteiger charge is -2.39. The summed E-state index contributed by atoms with van der Waals surface area (Å²) in [5.41, 5.74) is 0. The van der Waals surface area contributed by atoms with Gasteiger partial charge in [-0.25, -0.2) is 0 Å². The van der Waals surface area contributed by atoms with Crippen molar-refractivity contribution in [3.05, 3.63) is 0 Å². The molecule has 1 aliphatic rings. The Morgan fingerprint density at radius 1 is 1.28 bits per heavy atom. The van der Waals surface area contributed by atoms with Gasteiger partial charge in [0, 0.05) is 6.42 Å². The Morgan fingerprint density at radius 2 is 1.94 bits per heavy atom. The summed E-state index contributed by atoms with van der Waals surface area (Å²) in [5, 5.41) is 37.7. The molecule has 1 aliphatic heterocycles. The van der Waals surface area contributed by atoms with Crippen LogP contribution in [0.2, 0.25) is 0 Å². The van der Waals surface area contributed by atoms with Gasteiger partial charge in [0.2, 0.25) is 0 Å². The minimum Gasteiger partial charge on any atom is -0.456 e. The van der Waals surface area contributed by atoms with Gasteiger partial charge >= 0.3 is 5.97 Å². The maximum absolute atomic E-state index is 11.4. The van der Waals surface area contributed by atoms with Gasteiger partial charge in [0.1, 0.15) is 18.3 Å². The van der Waals surface area contributed by atoms with Gasteiger partial charge in [0.25, 0.3) is 0 Å². The molecule has 7 nitrogen and oxygen atoms in total. The van der Waals surface area contributed by atoms with Crippen molar-refractivity contribution < 1.29 is 34.7 Å². The van der Waals surface area contributed by atoms with E-state index in [1.165, 1.54) is 0 Å². The fraction of sp³-hybridized carbons (Fsp3) is 0.909. The summed E-state index contributed by atoms with van der Waals surface area (Å²) in [5.74, 6) is -0.564. The van der Waals surface area contributed by atoms with Crippen LogP contribution >= 0.6 is 0 Å². The zero-order valence-corrected chi connectivity index (χ0v) is 10.2. The third-order valence-corrected chi connectivity index (χ3v) is 2.84. The highest BCUT2D eigenvalue weighted by molar-refractivity contribution is 5.69. The number of unbranched alkanes of at least 4 members (excludes halogenated alkanes) is 1. The van der Waals surface area contributed by atoms with Crippen LogP contribution in [0.25, 0.3) is 0 Å². The fourth-order valence-corrected chi connectivity index (χ4v) is 1.74. The van der Waals surface area contributed by atoms with Gasteiger partial charge in [0.15, 0.2) is 12.4 Å². The van der Waals surface area contributed by atoms with E-state index in [9.17, 15) is 20.1 Å². The van der Waals surface area contributed by atoms with Crippen LogP contribution in [0.5, 0.6) is 0 Å². The smallest absolute Gasteiger partial charge is 0.306 e. The number of aliphatic hydroxyl groups is 4. The monoisotopic (exact) mass is 264 g/mol. The maximum atomic E-state index is 11.4. The zero-order chi connectivity index (χ0) is 13.7. The van der Waals surface area contributed by atoms with E-state index in [0.717, 1.165) is 6.42 Å². The third-order valence-electron chi connectivity index (χ3n) is 2.84. The molecule has 0 radical (unpaired) electrons. The Balaban J connectivity index is 2.61. The van der Waals surface area contributed by atoms with Crippen LogP contribution in [0.3, 0.4) is 0 Å². The fourth-order valence-electron chi connectivity index (χ4n) is 1.74. The molecule has 0 aromatic rings. The van der Waals surface area contributed by atoms with Gasteiger partial charge in [-0.15, -0.1) is 0 Å². The second-order valence-electron chi connectivity index (χ2n) is 4.29. The van der Waals surface area contributed by atoms with Crippen LogP contribution < -0.4 is 0 Å². The van der Waals surface area contributed by atoms with Gasteiger partial charge in [-0.3, -0.25) is 4.79 Å². The molecule has 7 heteroatoms. The standard InChI is InChI=1S/C11H20O7/c1-2-3-4-7(13)18-10-8(14)6(5-12)17-11(16)9(10)15/h6,8-12,14-16H,2-5H2,1H3. The average molecular weight is 264 g/mol. The summed E-state index contributed by atoms with van der Waals surface area (Å²) in [6.07, 6.45) is -5.27. The quantitative estimate of drug-likeness (QED) is 0.447. The molecule has 5 atom stereocenters. The highest BCUT2D eigenvalue weighted by atomic mass is 16.7. The number of hydrogen-bond donors (Lipinski definition) is 4. The van der Waals surface area contributed by atoms with Crippen LogP contribution in [0, 0.1) is 0 Å². The molecule has 4 N–H and O–H groups in total. The Morgan fingerprint density at radius 3 is 2.50 bits per heavy atom. The van der Waals surface area contributed by atoms with Crippen molar-refractivity contribution in [2.75, 3.05) is 6.61 Å². The highest BCUT2D eigenvalue weighted by Crippen LogP contribution is 2.22. The van der Waals surface area contributed by atoms with Gasteiger partial charge in [-0.05, 0) is 6.42 Å². The van der Waals surface area contributed by atoms with E-state index in [-0.39, 0.29) is 6.42 Å². The number of rotatable bonds is 5. The zero-order valence-electron chi connectivity index (χ0n) is 10.2. The van der Waals surface area contributed by atoms with E-state index in [1.807, 2.05) is 6.92 Å². The number of aliphatic hydroxyl groups excluding tert-OH is 4. The predicted molar refractivity (Wildman–Crippen MR) is 59.4 cm³/mol. The Labute approximate surface area is 105 Å². The summed E-state index contributed by atoms with van der Waals surface area (Å²) >= 11 is 0. The molecule has 0 spiro atoms. The summed E-state index contributed by atoms with van der Waals surface area (Å²) in [4.78, 5) is 11.4. The van der Waals surface area contributed by atoms with Crippen molar-refractivity contribution in [3.63, 3.8) is 0 Å². The van der Waals surface area contributed by atoms with Gasteiger partial charge in [-0.1, -0.05) is 13.3 Å². The first-order valence-corrected chi connectivity index (χ1v) is 6.01. The molecule has 1 rings (SSSR count). The highest BCUT2D eigenvalue weighted by Gasteiger charge is 2.45. The topological polar surface area (TPSA) is 116 Å². The van der Waals surface area contributed by atoms with Crippen LogP contribution in [0.1, 0.15) is 26.2 Å². The molecular weight excluding hydrogens is 244 g/mol. The van der Waals surface area contributed by atoms with Crippen LogP contribution in [0.4, 0.5) is 0 Å². The van der Waals surface area contributed by atoms with E-state index < -0.39 is 43.3 Å². The second-order valence-corrected chi connectivity index (χ2v) is 4.29. The van der Waals surface area contributed by atoms with Gasteiger partial charge in [0.05, 0.1) is 6.61 Å². The molecule has 1 heterocycles. The lowest BCUT2D eigenvalue weighted by Crippen LogP contribution is -2.59. The molecule has 0 bridgehead atoms.